The highest BCUT2D eigenvalue weighted by molar-refractivity contribution is 5.80. The van der Waals surface area contributed by atoms with Crippen LogP contribution in [0.3, 0.4) is 0 Å². The van der Waals surface area contributed by atoms with E-state index in [0.717, 1.165) is 29.6 Å². The van der Waals surface area contributed by atoms with Gasteiger partial charge in [0.1, 0.15) is 5.82 Å². The van der Waals surface area contributed by atoms with Crippen LogP contribution in [-0.4, -0.2) is 9.55 Å². The molecule has 0 saturated heterocycles. The third kappa shape index (κ3) is 2.66. The van der Waals surface area contributed by atoms with Crippen LogP contribution < -0.4 is 5.73 Å². The first kappa shape index (κ1) is 14.4. The summed E-state index contributed by atoms with van der Waals surface area (Å²) in [6.07, 6.45) is 4.09. The summed E-state index contributed by atoms with van der Waals surface area (Å²) >= 11 is 0. The molecule has 0 aliphatic heterocycles. The van der Waals surface area contributed by atoms with Crippen molar-refractivity contribution in [2.24, 2.45) is 11.8 Å². The Morgan fingerprint density at radius 3 is 2.67 bits per heavy atom. The number of hydrogen-bond acceptors (Lipinski definition) is 2. The molecule has 1 aliphatic rings. The van der Waals surface area contributed by atoms with Gasteiger partial charge < -0.3 is 10.3 Å². The second-order valence-electron chi connectivity index (χ2n) is 7.71. The van der Waals surface area contributed by atoms with Crippen molar-refractivity contribution >= 4 is 16.7 Å². The monoisotopic (exact) mass is 285 g/mol. The minimum absolute atomic E-state index is 0.0512. The highest BCUT2D eigenvalue weighted by Crippen LogP contribution is 2.35. The molecule has 2 unspecified atom stereocenters. The fourth-order valence-corrected chi connectivity index (χ4v) is 3.63. The number of imidazole rings is 1. The zero-order valence-corrected chi connectivity index (χ0v) is 13.7. The first-order chi connectivity index (χ1) is 9.86. The molecular weight excluding hydrogens is 258 g/mol. The number of nitrogens with zero attached hydrogens (tertiary/aromatic N) is 2. The first-order valence-electron chi connectivity index (χ1n) is 8.12. The van der Waals surface area contributed by atoms with Gasteiger partial charge in [-0.1, -0.05) is 40.5 Å². The largest absolute Gasteiger partial charge is 0.399 e. The molecule has 0 amide bonds. The third-order valence-electron chi connectivity index (χ3n) is 4.90. The molecule has 3 rings (SSSR count). The van der Waals surface area contributed by atoms with Gasteiger partial charge in [-0.3, -0.25) is 0 Å². The van der Waals surface area contributed by atoms with E-state index in [1.165, 1.54) is 30.6 Å². The maximum absolute atomic E-state index is 5.93. The van der Waals surface area contributed by atoms with Crippen molar-refractivity contribution in [3.63, 3.8) is 0 Å². The van der Waals surface area contributed by atoms with E-state index >= 15 is 0 Å². The lowest BCUT2D eigenvalue weighted by Crippen LogP contribution is -2.22. The van der Waals surface area contributed by atoms with Crippen molar-refractivity contribution in [2.75, 3.05) is 5.73 Å². The van der Waals surface area contributed by atoms with Crippen LogP contribution in [0.2, 0.25) is 0 Å². The summed E-state index contributed by atoms with van der Waals surface area (Å²) in [6.45, 7) is 10.2. The molecule has 0 bridgehead atoms. The summed E-state index contributed by atoms with van der Waals surface area (Å²) in [4.78, 5) is 4.89. The van der Waals surface area contributed by atoms with Crippen molar-refractivity contribution in [3.05, 3.63) is 24.0 Å². The fraction of sp³-hybridized carbons (Fsp3) is 0.611. The molecule has 2 N–H and O–H groups in total. The Morgan fingerprint density at radius 1 is 1.29 bits per heavy atom. The van der Waals surface area contributed by atoms with E-state index in [1.54, 1.807) is 0 Å². The number of benzene rings is 1. The summed E-state index contributed by atoms with van der Waals surface area (Å²) in [6, 6.07) is 6.12. The Morgan fingerprint density at radius 2 is 2.05 bits per heavy atom. The smallest absolute Gasteiger partial charge is 0.115 e. The molecule has 1 aromatic heterocycles. The standard InChI is InChI=1S/C18H27N3/c1-12-6-5-7-13(12)11-21-16-9-8-14(19)10-15(16)20-17(21)18(2,3)4/h8-10,12-13H,5-7,11,19H2,1-4H3. The summed E-state index contributed by atoms with van der Waals surface area (Å²) in [5, 5.41) is 0. The molecule has 1 heterocycles. The van der Waals surface area contributed by atoms with Gasteiger partial charge in [-0.2, -0.15) is 0 Å². The molecule has 1 aromatic carbocycles. The van der Waals surface area contributed by atoms with Gasteiger partial charge in [0, 0.05) is 17.6 Å². The van der Waals surface area contributed by atoms with Crippen molar-refractivity contribution in [1.29, 1.82) is 0 Å². The highest BCUT2D eigenvalue weighted by Gasteiger charge is 2.28. The molecule has 2 atom stereocenters. The van der Waals surface area contributed by atoms with Crippen molar-refractivity contribution in [1.82, 2.24) is 9.55 Å². The van der Waals surface area contributed by atoms with Gasteiger partial charge in [-0.05, 0) is 36.5 Å². The average molecular weight is 285 g/mol. The predicted molar refractivity (Wildman–Crippen MR) is 89.4 cm³/mol. The number of anilines is 1. The average Bonchev–Trinajstić information content (AvgIpc) is 2.94. The Balaban J connectivity index is 2.09. The van der Waals surface area contributed by atoms with E-state index in [9.17, 15) is 0 Å². The third-order valence-corrected chi connectivity index (χ3v) is 4.90. The normalized spacial score (nSPS) is 23.0. The minimum Gasteiger partial charge on any atom is -0.399 e. The SMILES string of the molecule is CC1CCCC1Cn1c(C(C)(C)C)nc2cc(N)ccc21. The van der Waals surface area contributed by atoms with Crippen molar-refractivity contribution < 1.29 is 0 Å². The Labute approximate surface area is 127 Å². The lowest BCUT2D eigenvalue weighted by atomic mass is 9.94. The second-order valence-corrected chi connectivity index (χ2v) is 7.71. The summed E-state index contributed by atoms with van der Waals surface area (Å²) in [5.41, 5.74) is 9.04. The number of fused-ring (bicyclic) bond motifs is 1. The van der Waals surface area contributed by atoms with Crippen LogP contribution >= 0.6 is 0 Å². The Kier molecular flexibility index (Phi) is 3.46. The van der Waals surface area contributed by atoms with Crippen LogP contribution in [0.1, 0.15) is 52.8 Å². The molecule has 1 fully saturated rings. The maximum atomic E-state index is 5.93. The summed E-state index contributed by atoms with van der Waals surface area (Å²) in [5.74, 6) is 2.78. The molecule has 0 spiro atoms. The van der Waals surface area contributed by atoms with Gasteiger partial charge in [0.05, 0.1) is 11.0 Å². The molecule has 1 saturated carbocycles. The number of rotatable bonds is 2. The topological polar surface area (TPSA) is 43.8 Å². The molecule has 21 heavy (non-hydrogen) atoms. The molecular formula is C18H27N3. The maximum Gasteiger partial charge on any atom is 0.115 e. The van der Waals surface area contributed by atoms with E-state index in [2.05, 4.69) is 38.3 Å². The molecule has 3 nitrogen and oxygen atoms in total. The van der Waals surface area contributed by atoms with Gasteiger partial charge >= 0.3 is 0 Å². The zero-order chi connectivity index (χ0) is 15.2. The van der Waals surface area contributed by atoms with Crippen molar-refractivity contribution in [2.45, 2.75) is 58.9 Å². The van der Waals surface area contributed by atoms with E-state index in [1.807, 2.05) is 12.1 Å². The Bertz CT molecular complexity index is 648. The van der Waals surface area contributed by atoms with Gasteiger partial charge in [0.15, 0.2) is 0 Å². The minimum atomic E-state index is 0.0512. The van der Waals surface area contributed by atoms with Gasteiger partial charge in [0.2, 0.25) is 0 Å². The molecule has 0 radical (unpaired) electrons. The number of nitrogens with two attached hydrogens (primary N) is 1. The lowest BCUT2D eigenvalue weighted by molar-refractivity contribution is 0.352. The molecule has 114 valence electrons. The van der Waals surface area contributed by atoms with Crippen LogP contribution in [0.4, 0.5) is 5.69 Å². The summed E-state index contributed by atoms with van der Waals surface area (Å²) < 4.78 is 2.45. The number of aromatic nitrogens is 2. The predicted octanol–water partition coefficient (Wildman–Crippen LogP) is 4.35. The Hall–Kier alpha value is -1.51. The quantitative estimate of drug-likeness (QED) is 0.833. The molecule has 1 aliphatic carbocycles. The van der Waals surface area contributed by atoms with E-state index in [0.29, 0.717) is 0 Å². The first-order valence-corrected chi connectivity index (χ1v) is 8.12. The van der Waals surface area contributed by atoms with Crippen molar-refractivity contribution in [3.8, 4) is 0 Å². The van der Waals surface area contributed by atoms with Gasteiger partial charge in [0.25, 0.3) is 0 Å². The van der Waals surface area contributed by atoms with Crippen LogP contribution in [0.15, 0.2) is 18.2 Å². The van der Waals surface area contributed by atoms with Gasteiger partial charge in [-0.25, -0.2) is 4.98 Å². The molecule has 2 aromatic rings. The van der Waals surface area contributed by atoms with Gasteiger partial charge in [-0.15, -0.1) is 0 Å². The van der Waals surface area contributed by atoms with Crippen LogP contribution in [-0.2, 0) is 12.0 Å². The van der Waals surface area contributed by atoms with E-state index in [4.69, 9.17) is 10.7 Å². The second kappa shape index (κ2) is 5.04. The van der Waals surface area contributed by atoms with Crippen LogP contribution in [0.5, 0.6) is 0 Å². The lowest BCUT2D eigenvalue weighted by Gasteiger charge is -2.24. The van der Waals surface area contributed by atoms with Crippen LogP contribution in [0, 0.1) is 11.8 Å². The van der Waals surface area contributed by atoms with Crippen LogP contribution in [0.25, 0.3) is 11.0 Å². The van der Waals surface area contributed by atoms with E-state index in [-0.39, 0.29) is 5.41 Å². The molecule has 3 heteroatoms. The number of nitrogen functional groups attached to an aromatic ring is 1. The highest BCUT2D eigenvalue weighted by atomic mass is 15.1. The summed E-state index contributed by atoms with van der Waals surface area (Å²) in [7, 11) is 0. The fourth-order valence-electron chi connectivity index (χ4n) is 3.63. The number of hydrogen-bond donors (Lipinski definition) is 1. The zero-order valence-electron chi connectivity index (χ0n) is 13.7. The van der Waals surface area contributed by atoms with E-state index < -0.39 is 0 Å².